The third-order valence-corrected chi connectivity index (χ3v) is 9.70. The van der Waals surface area contributed by atoms with Crippen molar-refractivity contribution in [1.29, 1.82) is 0 Å². The van der Waals surface area contributed by atoms with E-state index >= 15 is 0 Å². The SMILES string of the molecule is CCN1CCC(C[C@H](N)C(=O)N2CCN(c3ccncc3)CC2)CC1.COC(=O)[C@H](CC1CCNCC1)NC(=O)OCc1ccccc1.Cl. The highest BCUT2D eigenvalue weighted by Gasteiger charge is 2.29. The van der Waals surface area contributed by atoms with Crippen LogP contribution >= 0.6 is 12.4 Å². The quantitative estimate of drug-likeness (QED) is 0.298. The number of ether oxygens (including phenoxy) is 2. The highest BCUT2D eigenvalue weighted by Crippen LogP contribution is 2.23. The predicted molar refractivity (Wildman–Crippen MR) is 193 cm³/mol. The number of methoxy groups -OCH3 is 1. The standard InChI is InChI=1S/C19H31N5O.C17H24N2O4.ClH/c1-2-22-9-5-16(6-10-22)15-18(20)19(25)24-13-11-23(12-14-24)17-3-7-21-8-4-17;1-22-16(20)15(11-13-7-9-18-10-8-13)19-17(21)23-12-14-5-3-2-4-6-14;/h3-4,7-8,16,18H,2,5-6,9-15,20H2,1H3;2-6,13,15,18H,7-12H2,1H3,(H,19,21);1H/t18-;15-;/m00./s1. The molecule has 1 aromatic carbocycles. The second kappa shape index (κ2) is 21.6. The van der Waals surface area contributed by atoms with Crippen LogP contribution in [0.3, 0.4) is 0 Å². The zero-order valence-electron chi connectivity index (χ0n) is 29.1. The van der Waals surface area contributed by atoms with Gasteiger partial charge < -0.3 is 40.5 Å². The van der Waals surface area contributed by atoms with E-state index in [0.29, 0.717) is 18.3 Å². The topological polar surface area (TPSA) is 142 Å². The molecule has 0 saturated carbocycles. The molecule has 2 atom stereocenters. The van der Waals surface area contributed by atoms with Crippen LogP contribution in [-0.4, -0.2) is 111 Å². The zero-order valence-corrected chi connectivity index (χ0v) is 30.0. The fourth-order valence-electron chi connectivity index (χ4n) is 6.69. The molecule has 0 unspecified atom stereocenters. The van der Waals surface area contributed by atoms with Crippen molar-refractivity contribution >= 4 is 36.1 Å². The number of halogens is 1. The van der Waals surface area contributed by atoms with Gasteiger partial charge >= 0.3 is 12.1 Å². The van der Waals surface area contributed by atoms with Gasteiger partial charge in [-0.25, -0.2) is 9.59 Å². The number of rotatable bonds is 11. The summed E-state index contributed by atoms with van der Waals surface area (Å²) in [7, 11) is 1.33. The van der Waals surface area contributed by atoms with E-state index in [2.05, 4.69) is 32.3 Å². The first kappa shape index (κ1) is 40.0. The van der Waals surface area contributed by atoms with Crippen molar-refractivity contribution in [2.75, 3.05) is 70.9 Å². The van der Waals surface area contributed by atoms with E-state index in [9.17, 15) is 14.4 Å². The number of piperidine rings is 2. The van der Waals surface area contributed by atoms with Gasteiger partial charge in [-0.3, -0.25) is 9.78 Å². The summed E-state index contributed by atoms with van der Waals surface area (Å²) >= 11 is 0. The first-order chi connectivity index (χ1) is 23.4. The number of piperazine rings is 1. The molecule has 3 aliphatic rings. The highest BCUT2D eigenvalue weighted by atomic mass is 35.5. The molecule has 0 radical (unpaired) electrons. The summed E-state index contributed by atoms with van der Waals surface area (Å²) in [4.78, 5) is 47.3. The van der Waals surface area contributed by atoms with Gasteiger partial charge in [0.1, 0.15) is 12.6 Å². The Kier molecular flexibility index (Phi) is 17.6. The molecule has 0 aliphatic carbocycles. The number of benzene rings is 1. The zero-order chi connectivity index (χ0) is 34.1. The van der Waals surface area contributed by atoms with E-state index in [1.54, 1.807) is 0 Å². The van der Waals surface area contributed by atoms with Gasteiger partial charge in [-0.15, -0.1) is 12.4 Å². The summed E-state index contributed by atoms with van der Waals surface area (Å²) in [6, 6.07) is 12.4. The van der Waals surface area contributed by atoms with Gasteiger partial charge in [-0.1, -0.05) is 37.3 Å². The number of carbonyl (C=O) groups is 3. The number of hydrogen-bond acceptors (Lipinski definition) is 10. The number of pyridine rings is 1. The van der Waals surface area contributed by atoms with E-state index in [0.717, 1.165) is 83.7 Å². The van der Waals surface area contributed by atoms with Crippen LogP contribution in [0.1, 0.15) is 51.0 Å². The first-order valence-electron chi connectivity index (χ1n) is 17.5. The summed E-state index contributed by atoms with van der Waals surface area (Å²) in [5.41, 5.74) is 8.34. The number of amides is 2. The Balaban J connectivity index is 0.000000261. The van der Waals surface area contributed by atoms with Gasteiger partial charge in [-0.05, 0) is 101 Å². The Bertz CT molecular complexity index is 1240. The molecule has 3 saturated heterocycles. The van der Waals surface area contributed by atoms with Crippen molar-refractivity contribution in [1.82, 2.24) is 25.4 Å². The molecule has 1 aromatic heterocycles. The molecule has 4 heterocycles. The fourth-order valence-corrected chi connectivity index (χ4v) is 6.69. The summed E-state index contributed by atoms with van der Waals surface area (Å²) in [5, 5.41) is 5.91. The molecule has 4 N–H and O–H groups in total. The van der Waals surface area contributed by atoms with Crippen LogP contribution < -0.4 is 21.3 Å². The maximum atomic E-state index is 12.7. The minimum atomic E-state index is -0.661. The Morgan fingerprint density at radius 1 is 0.918 bits per heavy atom. The lowest BCUT2D eigenvalue weighted by Crippen LogP contribution is -2.53. The molecule has 272 valence electrons. The Labute approximate surface area is 297 Å². The van der Waals surface area contributed by atoms with Crippen LogP contribution in [0.2, 0.25) is 0 Å². The number of nitrogens with two attached hydrogens (primary N) is 1. The van der Waals surface area contributed by atoms with Crippen molar-refractivity contribution in [2.45, 2.75) is 64.1 Å². The van der Waals surface area contributed by atoms with E-state index in [-0.39, 0.29) is 31.0 Å². The average Bonchev–Trinajstić information content (AvgIpc) is 3.15. The maximum absolute atomic E-state index is 12.7. The van der Waals surface area contributed by atoms with Crippen molar-refractivity contribution in [3.8, 4) is 0 Å². The van der Waals surface area contributed by atoms with Gasteiger partial charge in [0.05, 0.1) is 13.2 Å². The number of anilines is 1. The lowest BCUT2D eigenvalue weighted by atomic mass is 9.90. The summed E-state index contributed by atoms with van der Waals surface area (Å²) < 4.78 is 9.96. The van der Waals surface area contributed by atoms with Gasteiger partial charge in [0, 0.05) is 44.3 Å². The van der Waals surface area contributed by atoms with Gasteiger partial charge in [0.2, 0.25) is 5.91 Å². The van der Waals surface area contributed by atoms with Crippen LogP contribution in [0.5, 0.6) is 0 Å². The van der Waals surface area contributed by atoms with Crippen molar-refractivity contribution < 1.29 is 23.9 Å². The normalized spacial score (nSPS) is 18.6. The van der Waals surface area contributed by atoms with E-state index in [1.165, 1.54) is 25.6 Å². The molecule has 49 heavy (non-hydrogen) atoms. The molecule has 2 amide bonds. The van der Waals surface area contributed by atoms with E-state index in [4.69, 9.17) is 15.2 Å². The van der Waals surface area contributed by atoms with E-state index in [1.807, 2.05) is 59.8 Å². The van der Waals surface area contributed by atoms with Gasteiger partial charge in [-0.2, -0.15) is 0 Å². The molecular formula is C36H56ClN7O5. The van der Waals surface area contributed by atoms with Gasteiger partial charge in [0.15, 0.2) is 0 Å². The third kappa shape index (κ3) is 13.4. The Hall–Kier alpha value is -3.45. The van der Waals surface area contributed by atoms with Crippen LogP contribution in [0.4, 0.5) is 10.5 Å². The summed E-state index contributed by atoms with van der Waals surface area (Å²) in [6.45, 7) is 10.9. The number of nitrogens with zero attached hydrogens (tertiary/aromatic N) is 4. The molecule has 3 fully saturated rings. The number of hydrogen-bond donors (Lipinski definition) is 3. The minimum absolute atomic E-state index is 0. The third-order valence-electron chi connectivity index (χ3n) is 9.70. The number of carbonyl (C=O) groups excluding carboxylic acids is 3. The smallest absolute Gasteiger partial charge is 0.408 e. The van der Waals surface area contributed by atoms with Crippen molar-refractivity contribution in [3.05, 3.63) is 60.4 Å². The monoisotopic (exact) mass is 701 g/mol. The average molecular weight is 702 g/mol. The fraction of sp³-hybridized carbons (Fsp3) is 0.611. The Morgan fingerprint density at radius 3 is 2.16 bits per heavy atom. The molecule has 5 rings (SSSR count). The predicted octanol–water partition coefficient (Wildman–Crippen LogP) is 3.45. The molecule has 3 aliphatic heterocycles. The number of likely N-dealkylation sites (tertiary alicyclic amines) is 1. The second-order valence-corrected chi connectivity index (χ2v) is 12.9. The first-order valence-corrected chi connectivity index (χ1v) is 17.5. The highest BCUT2D eigenvalue weighted by molar-refractivity contribution is 5.85. The molecular weight excluding hydrogens is 646 g/mol. The van der Waals surface area contributed by atoms with Crippen LogP contribution in [0.25, 0.3) is 0 Å². The van der Waals surface area contributed by atoms with Crippen molar-refractivity contribution in [2.24, 2.45) is 17.6 Å². The minimum Gasteiger partial charge on any atom is -0.467 e. The van der Waals surface area contributed by atoms with Crippen LogP contribution in [0.15, 0.2) is 54.9 Å². The Morgan fingerprint density at radius 2 is 1.55 bits per heavy atom. The van der Waals surface area contributed by atoms with Crippen molar-refractivity contribution in [3.63, 3.8) is 0 Å². The number of alkyl carbamates (subject to hydrolysis) is 1. The second-order valence-electron chi connectivity index (χ2n) is 12.9. The molecule has 2 aromatic rings. The van der Waals surface area contributed by atoms with Crippen LogP contribution in [0, 0.1) is 11.8 Å². The molecule has 12 nitrogen and oxygen atoms in total. The molecule has 0 spiro atoms. The maximum Gasteiger partial charge on any atom is 0.408 e. The lowest BCUT2D eigenvalue weighted by molar-refractivity contribution is -0.143. The van der Waals surface area contributed by atoms with Gasteiger partial charge in [0.25, 0.3) is 0 Å². The molecule has 0 bridgehead atoms. The number of nitrogens with one attached hydrogen (secondary N) is 2. The number of esters is 1. The largest absolute Gasteiger partial charge is 0.467 e. The summed E-state index contributed by atoms with van der Waals surface area (Å²) in [5.74, 6) is 0.696. The van der Waals surface area contributed by atoms with E-state index < -0.39 is 18.1 Å². The van der Waals surface area contributed by atoms with Crippen LogP contribution in [-0.2, 0) is 25.7 Å². The lowest BCUT2D eigenvalue weighted by Gasteiger charge is -2.38. The number of aromatic nitrogens is 1. The molecule has 13 heteroatoms. The summed E-state index contributed by atoms with van der Waals surface area (Å²) in [6.07, 6.45) is 8.77.